The molecule has 1 aliphatic rings. The van der Waals surface area contributed by atoms with E-state index in [-0.39, 0.29) is 24.0 Å². The van der Waals surface area contributed by atoms with Gasteiger partial charge in [0.25, 0.3) is 0 Å². The van der Waals surface area contributed by atoms with E-state index in [4.69, 9.17) is 4.74 Å². The van der Waals surface area contributed by atoms with Crippen LogP contribution in [0.5, 0.6) is 0 Å². The van der Waals surface area contributed by atoms with Crippen molar-refractivity contribution in [3.8, 4) is 0 Å². The van der Waals surface area contributed by atoms with Crippen LogP contribution in [0.4, 0.5) is 0 Å². The van der Waals surface area contributed by atoms with Crippen LogP contribution in [0.1, 0.15) is 37.5 Å². The van der Waals surface area contributed by atoms with E-state index < -0.39 is 0 Å². The topological polar surface area (TPSA) is 76.4 Å². The van der Waals surface area contributed by atoms with Crippen molar-refractivity contribution in [1.29, 1.82) is 0 Å². The molecule has 1 aromatic heterocycles. The molecule has 0 bridgehead atoms. The number of halogens is 1. The van der Waals surface area contributed by atoms with Crippen LogP contribution in [0.15, 0.2) is 35.3 Å². The Kier molecular flexibility index (Phi) is 9.69. The number of nitrogens with one attached hydrogen (secondary N) is 2. The molecule has 2 aromatic rings. The van der Waals surface area contributed by atoms with Crippen molar-refractivity contribution >= 4 is 29.9 Å². The molecule has 0 amide bonds. The summed E-state index contributed by atoms with van der Waals surface area (Å²) in [6, 6.07) is 10.5. The van der Waals surface area contributed by atoms with Gasteiger partial charge in [0.15, 0.2) is 11.8 Å². The summed E-state index contributed by atoms with van der Waals surface area (Å²) >= 11 is 0. The highest BCUT2D eigenvalue weighted by Gasteiger charge is 2.21. The summed E-state index contributed by atoms with van der Waals surface area (Å²) in [4.78, 5) is 9.22. The van der Waals surface area contributed by atoms with E-state index >= 15 is 0 Å². The smallest absolute Gasteiger partial charge is 0.191 e. The monoisotopic (exact) mass is 498 g/mol. The molecule has 0 spiro atoms. The molecule has 2 N–H and O–H groups in total. The maximum absolute atomic E-state index is 5.71. The zero-order valence-corrected chi connectivity index (χ0v) is 19.1. The van der Waals surface area contributed by atoms with Crippen LogP contribution < -0.4 is 10.6 Å². The number of nitrogens with zero attached hydrogens (tertiary/aromatic N) is 4. The van der Waals surface area contributed by atoms with E-state index in [9.17, 15) is 0 Å². The van der Waals surface area contributed by atoms with E-state index in [1.54, 1.807) is 0 Å². The van der Waals surface area contributed by atoms with Gasteiger partial charge in [-0.05, 0) is 18.9 Å². The van der Waals surface area contributed by atoms with Crippen molar-refractivity contribution in [1.82, 2.24) is 25.4 Å². The number of aromatic nitrogens is 3. The number of guanidine groups is 1. The molecular formula is C20H31IN6O. The zero-order chi connectivity index (χ0) is 18.9. The van der Waals surface area contributed by atoms with Crippen molar-refractivity contribution in [2.24, 2.45) is 4.99 Å². The van der Waals surface area contributed by atoms with Gasteiger partial charge >= 0.3 is 0 Å². The third-order valence-electron chi connectivity index (χ3n) is 4.52. The fraction of sp³-hybridized carbons (Fsp3) is 0.550. The average Bonchev–Trinajstić information content (AvgIpc) is 3.11. The number of benzene rings is 1. The molecule has 8 heteroatoms. The molecule has 2 heterocycles. The van der Waals surface area contributed by atoms with Gasteiger partial charge in [-0.1, -0.05) is 37.3 Å². The van der Waals surface area contributed by atoms with E-state index in [1.807, 2.05) is 22.9 Å². The first-order valence-corrected chi connectivity index (χ1v) is 9.87. The van der Waals surface area contributed by atoms with Gasteiger partial charge in [0.1, 0.15) is 5.82 Å². The lowest BCUT2D eigenvalue weighted by atomic mass is 10.1. The first kappa shape index (κ1) is 22.6. The molecule has 0 saturated carbocycles. The van der Waals surface area contributed by atoms with E-state index in [1.165, 1.54) is 5.56 Å². The van der Waals surface area contributed by atoms with E-state index in [2.05, 4.69) is 51.7 Å². The summed E-state index contributed by atoms with van der Waals surface area (Å²) in [7, 11) is 0. The van der Waals surface area contributed by atoms with Crippen molar-refractivity contribution in [3.05, 3.63) is 47.5 Å². The standard InChI is InChI=1S/C20H30N6O.HI/c1-3-18-24-19-11-10-17(14-26(19)25-18)23-20(21-4-2)22-12-13-27-15-16-8-6-5-7-9-16;/h5-9,17H,3-4,10-15H2,1-2H3,(H2,21,22,23);1H. The second kappa shape index (κ2) is 12.0. The molecular weight excluding hydrogens is 467 g/mol. The molecule has 154 valence electrons. The van der Waals surface area contributed by atoms with Gasteiger partial charge in [-0.15, -0.1) is 24.0 Å². The highest BCUT2D eigenvalue weighted by atomic mass is 127. The summed E-state index contributed by atoms with van der Waals surface area (Å²) in [5, 5.41) is 11.4. The number of ether oxygens (including phenoxy) is 1. The number of fused-ring (bicyclic) bond motifs is 1. The van der Waals surface area contributed by atoms with Crippen molar-refractivity contribution in [2.45, 2.75) is 52.3 Å². The highest BCUT2D eigenvalue weighted by molar-refractivity contribution is 14.0. The minimum absolute atomic E-state index is 0. The Bertz CT molecular complexity index is 734. The van der Waals surface area contributed by atoms with Gasteiger partial charge in [0.2, 0.25) is 0 Å². The summed E-state index contributed by atoms with van der Waals surface area (Å²) < 4.78 is 7.75. The lowest BCUT2D eigenvalue weighted by molar-refractivity contribution is 0.128. The van der Waals surface area contributed by atoms with Crippen LogP contribution in [-0.2, 0) is 30.7 Å². The van der Waals surface area contributed by atoms with Gasteiger partial charge in [-0.3, -0.25) is 4.99 Å². The Balaban J connectivity index is 0.00000280. The predicted octanol–water partition coefficient (Wildman–Crippen LogP) is 2.55. The fourth-order valence-corrected chi connectivity index (χ4v) is 3.13. The Morgan fingerprint density at radius 3 is 2.86 bits per heavy atom. The van der Waals surface area contributed by atoms with Gasteiger partial charge in [-0.2, -0.15) is 5.10 Å². The number of aliphatic imine (C=N–C) groups is 1. The normalized spacial score (nSPS) is 16.2. The fourth-order valence-electron chi connectivity index (χ4n) is 3.13. The molecule has 3 rings (SSSR count). The summed E-state index contributed by atoms with van der Waals surface area (Å²) in [5.74, 6) is 2.87. The summed E-state index contributed by atoms with van der Waals surface area (Å²) in [6.07, 6.45) is 2.87. The average molecular weight is 498 g/mol. The molecule has 0 fully saturated rings. The van der Waals surface area contributed by atoms with Crippen molar-refractivity contribution in [3.63, 3.8) is 0 Å². The van der Waals surface area contributed by atoms with E-state index in [0.717, 1.165) is 50.0 Å². The molecule has 28 heavy (non-hydrogen) atoms. The second-order valence-electron chi connectivity index (χ2n) is 6.66. The Labute approximate surface area is 184 Å². The molecule has 0 radical (unpaired) electrons. The first-order chi connectivity index (χ1) is 13.3. The Hall–Kier alpha value is -1.68. The van der Waals surface area contributed by atoms with Crippen molar-refractivity contribution < 1.29 is 4.74 Å². The lowest BCUT2D eigenvalue weighted by Gasteiger charge is -2.25. The largest absolute Gasteiger partial charge is 0.375 e. The first-order valence-electron chi connectivity index (χ1n) is 9.87. The van der Waals surface area contributed by atoms with E-state index in [0.29, 0.717) is 25.8 Å². The highest BCUT2D eigenvalue weighted by Crippen LogP contribution is 2.13. The lowest BCUT2D eigenvalue weighted by Crippen LogP contribution is -2.47. The molecule has 7 nitrogen and oxygen atoms in total. The van der Waals surface area contributed by atoms with Gasteiger partial charge in [0.05, 0.1) is 26.3 Å². The second-order valence-corrected chi connectivity index (χ2v) is 6.66. The van der Waals surface area contributed by atoms with Crippen molar-refractivity contribution in [2.75, 3.05) is 19.7 Å². The van der Waals surface area contributed by atoms with Gasteiger partial charge in [-0.25, -0.2) is 9.67 Å². The van der Waals surface area contributed by atoms with Crippen LogP contribution in [0, 0.1) is 0 Å². The van der Waals surface area contributed by atoms with Gasteiger partial charge in [0, 0.05) is 25.4 Å². The molecule has 1 atom stereocenters. The van der Waals surface area contributed by atoms with Crippen LogP contribution in [-0.4, -0.2) is 46.5 Å². The third-order valence-corrected chi connectivity index (χ3v) is 4.52. The molecule has 1 aromatic carbocycles. The third kappa shape index (κ3) is 6.73. The number of hydrogen-bond acceptors (Lipinski definition) is 4. The maximum atomic E-state index is 5.71. The number of aryl methyl sites for hydroxylation is 2. The molecule has 1 unspecified atom stereocenters. The molecule has 0 aliphatic carbocycles. The predicted molar refractivity (Wildman–Crippen MR) is 122 cm³/mol. The van der Waals surface area contributed by atoms with Crippen LogP contribution in [0.25, 0.3) is 0 Å². The van der Waals surface area contributed by atoms with Crippen LogP contribution in [0.2, 0.25) is 0 Å². The van der Waals surface area contributed by atoms with Crippen LogP contribution in [0.3, 0.4) is 0 Å². The Morgan fingerprint density at radius 2 is 2.11 bits per heavy atom. The zero-order valence-electron chi connectivity index (χ0n) is 16.7. The minimum Gasteiger partial charge on any atom is -0.375 e. The maximum Gasteiger partial charge on any atom is 0.191 e. The molecule has 1 aliphatic heterocycles. The minimum atomic E-state index is 0. The Morgan fingerprint density at radius 1 is 1.29 bits per heavy atom. The number of hydrogen-bond donors (Lipinski definition) is 2. The molecule has 0 saturated heterocycles. The quantitative estimate of drug-likeness (QED) is 0.253. The summed E-state index contributed by atoms with van der Waals surface area (Å²) in [5.41, 5.74) is 1.18. The van der Waals surface area contributed by atoms with Crippen LogP contribution >= 0.6 is 24.0 Å². The SMILES string of the molecule is CCNC(=NCCOCc1ccccc1)NC1CCc2nc(CC)nn2C1.I. The summed E-state index contributed by atoms with van der Waals surface area (Å²) in [6.45, 7) is 7.68. The number of rotatable bonds is 8. The van der Waals surface area contributed by atoms with Gasteiger partial charge < -0.3 is 15.4 Å².